The molecule has 9 heteroatoms. The van der Waals surface area contributed by atoms with E-state index in [2.05, 4.69) is 4.72 Å². The van der Waals surface area contributed by atoms with Crippen molar-refractivity contribution in [2.24, 2.45) is 0 Å². The summed E-state index contributed by atoms with van der Waals surface area (Å²) in [6, 6.07) is 5.21. The number of thiophene rings is 1. The summed E-state index contributed by atoms with van der Waals surface area (Å²) in [5, 5.41) is 14.5. The number of nitrogens with two attached hydrogens (primary N) is 1. The first kappa shape index (κ1) is 14.4. The zero-order valence-corrected chi connectivity index (χ0v) is 11.8. The Labute approximate surface area is 119 Å². The number of sulfonamides is 1. The minimum atomic E-state index is -4.00. The molecule has 2 rings (SSSR count). The van der Waals surface area contributed by atoms with Gasteiger partial charge in [-0.1, -0.05) is 0 Å². The first-order valence-corrected chi connectivity index (χ1v) is 7.87. The molecule has 0 aliphatic carbocycles. The van der Waals surface area contributed by atoms with Crippen molar-refractivity contribution < 1.29 is 13.3 Å². The predicted molar refractivity (Wildman–Crippen MR) is 75.9 cm³/mol. The van der Waals surface area contributed by atoms with Crippen molar-refractivity contribution >= 4 is 32.7 Å². The number of nitrogens with one attached hydrogen (secondary N) is 1. The maximum absolute atomic E-state index is 12.1. The average molecular weight is 313 g/mol. The summed E-state index contributed by atoms with van der Waals surface area (Å²) in [5.41, 5.74) is 5.93. The highest BCUT2D eigenvalue weighted by Gasteiger charge is 2.25. The number of anilines is 1. The third-order valence-corrected chi connectivity index (χ3v) is 4.68. The first-order valence-electron chi connectivity index (χ1n) is 5.45. The first-order chi connectivity index (χ1) is 9.40. The van der Waals surface area contributed by atoms with Crippen LogP contribution in [0.1, 0.15) is 5.56 Å². The van der Waals surface area contributed by atoms with Gasteiger partial charge in [-0.25, -0.2) is 13.1 Å². The molecule has 7 nitrogen and oxygen atoms in total. The number of nitrogens with zero attached hydrogens (tertiary/aromatic N) is 1. The van der Waals surface area contributed by atoms with Crippen LogP contribution in [0.25, 0.3) is 0 Å². The van der Waals surface area contributed by atoms with Crippen LogP contribution >= 0.6 is 11.3 Å². The Bertz CT molecular complexity index is 726. The standard InChI is InChI=1S/C11H11N3O4S2/c12-9-1-2-10(14(15)16)11(5-9)20(17,18)13-6-8-3-4-19-7-8/h1-5,7,13H,6,12H2. The molecule has 1 aromatic heterocycles. The van der Waals surface area contributed by atoms with E-state index in [4.69, 9.17) is 5.73 Å². The lowest BCUT2D eigenvalue weighted by molar-refractivity contribution is -0.387. The zero-order valence-electron chi connectivity index (χ0n) is 10.1. The van der Waals surface area contributed by atoms with E-state index in [0.29, 0.717) is 0 Å². The van der Waals surface area contributed by atoms with E-state index in [0.717, 1.165) is 17.7 Å². The number of hydrogen-bond acceptors (Lipinski definition) is 6. The lowest BCUT2D eigenvalue weighted by Gasteiger charge is -2.07. The van der Waals surface area contributed by atoms with Gasteiger partial charge in [-0.3, -0.25) is 10.1 Å². The fourth-order valence-electron chi connectivity index (χ4n) is 1.55. The largest absolute Gasteiger partial charge is 0.399 e. The summed E-state index contributed by atoms with van der Waals surface area (Å²) in [7, 11) is -4.00. The number of nitrogen functional groups attached to an aromatic ring is 1. The van der Waals surface area contributed by atoms with Crippen LogP contribution < -0.4 is 10.5 Å². The molecule has 0 fully saturated rings. The molecule has 0 aliphatic heterocycles. The van der Waals surface area contributed by atoms with Gasteiger partial charge in [0.05, 0.1) is 4.92 Å². The van der Waals surface area contributed by atoms with Crippen LogP contribution in [0.15, 0.2) is 39.9 Å². The summed E-state index contributed by atoms with van der Waals surface area (Å²) < 4.78 is 26.6. The second kappa shape index (κ2) is 5.57. The van der Waals surface area contributed by atoms with E-state index in [-0.39, 0.29) is 12.2 Å². The number of nitro benzene ring substituents is 1. The third-order valence-electron chi connectivity index (χ3n) is 2.52. The maximum Gasteiger partial charge on any atom is 0.289 e. The molecule has 3 N–H and O–H groups in total. The highest BCUT2D eigenvalue weighted by Crippen LogP contribution is 2.25. The number of benzene rings is 1. The predicted octanol–water partition coefficient (Wildman–Crippen LogP) is 1.72. The molecule has 106 valence electrons. The van der Waals surface area contributed by atoms with Gasteiger partial charge in [0.25, 0.3) is 5.69 Å². The van der Waals surface area contributed by atoms with Gasteiger partial charge in [-0.05, 0) is 34.5 Å². The van der Waals surface area contributed by atoms with Gasteiger partial charge in [-0.2, -0.15) is 11.3 Å². The van der Waals surface area contributed by atoms with Gasteiger partial charge >= 0.3 is 0 Å². The van der Waals surface area contributed by atoms with E-state index in [1.807, 2.05) is 5.38 Å². The zero-order chi connectivity index (χ0) is 14.8. The van der Waals surface area contributed by atoms with E-state index < -0.39 is 25.5 Å². The van der Waals surface area contributed by atoms with E-state index in [9.17, 15) is 18.5 Å². The second-order valence-corrected chi connectivity index (χ2v) is 6.46. The lowest BCUT2D eigenvalue weighted by atomic mass is 10.3. The van der Waals surface area contributed by atoms with Gasteiger partial charge in [0.1, 0.15) is 0 Å². The van der Waals surface area contributed by atoms with Gasteiger partial charge in [0.2, 0.25) is 10.0 Å². The Balaban J connectivity index is 2.33. The smallest absolute Gasteiger partial charge is 0.289 e. The monoisotopic (exact) mass is 313 g/mol. The molecule has 0 saturated heterocycles. The molecule has 0 radical (unpaired) electrons. The number of rotatable bonds is 5. The van der Waals surface area contributed by atoms with Crippen molar-refractivity contribution in [1.82, 2.24) is 4.72 Å². The molecule has 0 atom stereocenters. The van der Waals surface area contributed by atoms with Crippen LogP contribution in [0.2, 0.25) is 0 Å². The molecule has 1 aromatic carbocycles. The van der Waals surface area contributed by atoms with Crippen molar-refractivity contribution in [1.29, 1.82) is 0 Å². The third kappa shape index (κ3) is 3.13. The van der Waals surface area contributed by atoms with Gasteiger partial charge in [0.15, 0.2) is 4.90 Å². The summed E-state index contributed by atoms with van der Waals surface area (Å²) in [4.78, 5) is 9.70. The van der Waals surface area contributed by atoms with Gasteiger partial charge < -0.3 is 5.73 Å². The number of hydrogen-bond donors (Lipinski definition) is 2. The Hall–Kier alpha value is -1.97. The van der Waals surface area contributed by atoms with Crippen LogP contribution in [0.4, 0.5) is 11.4 Å². The Kier molecular flexibility index (Phi) is 4.02. The fourth-order valence-corrected chi connectivity index (χ4v) is 3.44. The fraction of sp³-hybridized carbons (Fsp3) is 0.0909. The molecule has 20 heavy (non-hydrogen) atoms. The molecule has 0 amide bonds. The number of nitro groups is 1. The summed E-state index contributed by atoms with van der Waals surface area (Å²) in [6.45, 7) is 0.0672. The van der Waals surface area contributed by atoms with Crippen molar-refractivity contribution in [3.8, 4) is 0 Å². The lowest BCUT2D eigenvalue weighted by Crippen LogP contribution is -2.24. The summed E-state index contributed by atoms with van der Waals surface area (Å²) >= 11 is 1.43. The van der Waals surface area contributed by atoms with Crippen LogP contribution in [0.5, 0.6) is 0 Å². The molecule has 1 heterocycles. The maximum atomic E-state index is 12.1. The normalized spacial score (nSPS) is 11.4. The second-order valence-electron chi connectivity index (χ2n) is 3.94. The summed E-state index contributed by atoms with van der Waals surface area (Å²) in [5.74, 6) is 0. The van der Waals surface area contributed by atoms with Crippen LogP contribution in [0, 0.1) is 10.1 Å². The van der Waals surface area contributed by atoms with Crippen LogP contribution in [-0.4, -0.2) is 13.3 Å². The van der Waals surface area contributed by atoms with Crippen LogP contribution in [-0.2, 0) is 16.6 Å². The Morgan fingerprint density at radius 1 is 1.35 bits per heavy atom. The van der Waals surface area contributed by atoms with Gasteiger partial charge in [0, 0.05) is 18.3 Å². The SMILES string of the molecule is Nc1ccc([N+](=O)[O-])c(S(=O)(=O)NCc2ccsc2)c1. The van der Waals surface area contributed by atoms with Crippen LogP contribution in [0.3, 0.4) is 0 Å². The summed E-state index contributed by atoms with van der Waals surface area (Å²) in [6.07, 6.45) is 0. The van der Waals surface area contributed by atoms with Gasteiger partial charge in [-0.15, -0.1) is 0 Å². The molecule has 0 aliphatic rings. The topological polar surface area (TPSA) is 115 Å². The molecule has 0 spiro atoms. The Morgan fingerprint density at radius 3 is 2.70 bits per heavy atom. The highest BCUT2D eigenvalue weighted by molar-refractivity contribution is 7.89. The van der Waals surface area contributed by atoms with E-state index >= 15 is 0 Å². The minimum absolute atomic E-state index is 0.0672. The highest BCUT2D eigenvalue weighted by atomic mass is 32.2. The van der Waals surface area contributed by atoms with Crippen molar-refractivity contribution in [3.05, 3.63) is 50.7 Å². The molecular weight excluding hydrogens is 302 g/mol. The van der Waals surface area contributed by atoms with Crippen molar-refractivity contribution in [2.75, 3.05) is 5.73 Å². The molecule has 0 unspecified atom stereocenters. The van der Waals surface area contributed by atoms with E-state index in [1.54, 1.807) is 11.4 Å². The molecule has 0 bridgehead atoms. The molecule has 0 saturated carbocycles. The minimum Gasteiger partial charge on any atom is -0.399 e. The molecule has 2 aromatic rings. The van der Waals surface area contributed by atoms with Crippen molar-refractivity contribution in [3.63, 3.8) is 0 Å². The quantitative estimate of drug-likeness (QED) is 0.495. The Morgan fingerprint density at radius 2 is 2.10 bits per heavy atom. The van der Waals surface area contributed by atoms with E-state index in [1.165, 1.54) is 17.4 Å². The average Bonchev–Trinajstić information content (AvgIpc) is 2.89. The molecular formula is C11H11N3O4S2. The van der Waals surface area contributed by atoms with Crippen molar-refractivity contribution in [2.45, 2.75) is 11.4 Å².